The molecule has 16 heavy (non-hydrogen) atoms. The SMILES string of the molecule is Brc1ccc2c(c1)NCCC2C1CCCC1. The van der Waals surface area contributed by atoms with Gasteiger partial charge in [0, 0.05) is 16.7 Å². The third-order valence-electron chi connectivity index (χ3n) is 4.15. The lowest BCUT2D eigenvalue weighted by molar-refractivity contribution is 0.413. The van der Waals surface area contributed by atoms with Gasteiger partial charge in [-0.15, -0.1) is 0 Å². The van der Waals surface area contributed by atoms with Crippen LogP contribution in [-0.4, -0.2) is 6.54 Å². The van der Waals surface area contributed by atoms with Crippen molar-refractivity contribution in [2.45, 2.75) is 38.0 Å². The van der Waals surface area contributed by atoms with Gasteiger partial charge in [0.2, 0.25) is 0 Å². The van der Waals surface area contributed by atoms with Gasteiger partial charge in [-0.25, -0.2) is 0 Å². The monoisotopic (exact) mass is 279 g/mol. The van der Waals surface area contributed by atoms with E-state index in [1.165, 1.54) is 42.3 Å². The molecule has 1 heterocycles. The van der Waals surface area contributed by atoms with E-state index in [4.69, 9.17) is 0 Å². The minimum absolute atomic E-state index is 0.812. The Balaban J connectivity index is 1.93. The van der Waals surface area contributed by atoms with Crippen LogP contribution in [0.1, 0.15) is 43.6 Å². The van der Waals surface area contributed by atoms with Gasteiger partial charge in [-0.3, -0.25) is 0 Å². The van der Waals surface area contributed by atoms with E-state index < -0.39 is 0 Å². The Morgan fingerprint density at radius 1 is 1.12 bits per heavy atom. The van der Waals surface area contributed by atoms with Crippen molar-refractivity contribution in [2.24, 2.45) is 5.92 Å². The fraction of sp³-hybridized carbons (Fsp3) is 0.571. The third kappa shape index (κ3) is 1.88. The van der Waals surface area contributed by atoms with Gasteiger partial charge in [0.15, 0.2) is 0 Å². The number of fused-ring (bicyclic) bond motifs is 1. The number of benzene rings is 1. The molecule has 1 aromatic carbocycles. The summed E-state index contributed by atoms with van der Waals surface area (Å²) >= 11 is 3.55. The quantitative estimate of drug-likeness (QED) is 0.796. The fourth-order valence-electron chi connectivity index (χ4n) is 3.37. The molecule has 1 saturated carbocycles. The van der Waals surface area contributed by atoms with Gasteiger partial charge in [-0.1, -0.05) is 34.8 Å². The third-order valence-corrected chi connectivity index (χ3v) is 4.65. The minimum Gasteiger partial charge on any atom is -0.385 e. The van der Waals surface area contributed by atoms with E-state index in [-0.39, 0.29) is 0 Å². The Labute approximate surface area is 106 Å². The second-order valence-electron chi connectivity index (χ2n) is 5.10. The number of rotatable bonds is 1. The van der Waals surface area contributed by atoms with Crippen LogP contribution in [0.2, 0.25) is 0 Å². The number of hydrogen-bond donors (Lipinski definition) is 1. The van der Waals surface area contributed by atoms with E-state index in [0.717, 1.165) is 18.4 Å². The zero-order valence-electron chi connectivity index (χ0n) is 9.51. The standard InChI is InChI=1S/C14H18BrN/c15-11-5-6-13-12(10-3-1-2-4-10)7-8-16-14(13)9-11/h5-6,9-10,12,16H,1-4,7-8H2. The lowest BCUT2D eigenvalue weighted by Gasteiger charge is -2.31. The first-order valence-corrected chi connectivity index (χ1v) is 7.17. The minimum atomic E-state index is 0.812. The van der Waals surface area contributed by atoms with Crippen molar-refractivity contribution in [3.63, 3.8) is 0 Å². The van der Waals surface area contributed by atoms with Crippen molar-refractivity contribution in [3.8, 4) is 0 Å². The van der Waals surface area contributed by atoms with Gasteiger partial charge >= 0.3 is 0 Å². The zero-order valence-corrected chi connectivity index (χ0v) is 11.1. The summed E-state index contributed by atoms with van der Waals surface area (Å²) in [6.07, 6.45) is 7.10. The fourth-order valence-corrected chi connectivity index (χ4v) is 3.73. The lowest BCUT2D eigenvalue weighted by atomic mass is 9.80. The summed E-state index contributed by atoms with van der Waals surface area (Å²) in [5.74, 6) is 1.76. The van der Waals surface area contributed by atoms with E-state index in [1.807, 2.05) is 0 Å². The predicted octanol–water partition coefficient (Wildman–Crippen LogP) is 4.54. The van der Waals surface area contributed by atoms with Crippen LogP contribution < -0.4 is 5.32 Å². The molecule has 2 aliphatic rings. The van der Waals surface area contributed by atoms with Crippen molar-refractivity contribution in [1.82, 2.24) is 0 Å². The highest BCUT2D eigenvalue weighted by molar-refractivity contribution is 9.10. The average molecular weight is 280 g/mol. The summed E-state index contributed by atoms with van der Waals surface area (Å²) in [7, 11) is 0. The van der Waals surface area contributed by atoms with Crippen LogP contribution in [0.25, 0.3) is 0 Å². The van der Waals surface area contributed by atoms with Gasteiger partial charge in [-0.05, 0) is 48.8 Å². The highest BCUT2D eigenvalue weighted by atomic mass is 79.9. The molecular formula is C14H18BrN. The summed E-state index contributed by atoms with van der Waals surface area (Å²) in [4.78, 5) is 0. The summed E-state index contributed by atoms with van der Waals surface area (Å²) in [6, 6.07) is 6.73. The van der Waals surface area contributed by atoms with Gasteiger partial charge in [0.1, 0.15) is 0 Å². The smallest absolute Gasteiger partial charge is 0.0387 e. The van der Waals surface area contributed by atoms with E-state index in [0.29, 0.717) is 0 Å². The Morgan fingerprint density at radius 2 is 1.94 bits per heavy atom. The number of anilines is 1. The van der Waals surface area contributed by atoms with Gasteiger partial charge in [0.05, 0.1) is 0 Å². The summed E-state index contributed by atoms with van der Waals surface area (Å²) < 4.78 is 1.19. The Morgan fingerprint density at radius 3 is 2.75 bits per heavy atom. The van der Waals surface area contributed by atoms with E-state index >= 15 is 0 Å². The van der Waals surface area contributed by atoms with Crippen LogP contribution in [0, 0.1) is 5.92 Å². The molecular weight excluding hydrogens is 262 g/mol. The Bertz CT molecular complexity index is 382. The maximum atomic E-state index is 3.55. The van der Waals surface area contributed by atoms with Gasteiger partial charge in [0.25, 0.3) is 0 Å². The normalized spacial score (nSPS) is 25.2. The second-order valence-corrected chi connectivity index (χ2v) is 6.01. The van der Waals surface area contributed by atoms with Crippen LogP contribution in [-0.2, 0) is 0 Å². The van der Waals surface area contributed by atoms with E-state index in [9.17, 15) is 0 Å². The predicted molar refractivity (Wildman–Crippen MR) is 71.9 cm³/mol. The van der Waals surface area contributed by atoms with Crippen molar-refractivity contribution < 1.29 is 0 Å². The number of nitrogens with one attached hydrogen (secondary N) is 1. The van der Waals surface area contributed by atoms with Crippen molar-refractivity contribution >= 4 is 21.6 Å². The maximum Gasteiger partial charge on any atom is 0.0387 e. The maximum absolute atomic E-state index is 3.55. The molecule has 0 radical (unpaired) electrons. The van der Waals surface area contributed by atoms with Crippen LogP contribution in [0.15, 0.2) is 22.7 Å². The highest BCUT2D eigenvalue weighted by Gasteiger charge is 2.29. The van der Waals surface area contributed by atoms with Gasteiger partial charge < -0.3 is 5.32 Å². The molecule has 1 aliphatic heterocycles. The molecule has 0 bridgehead atoms. The molecule has 0 spiro atoms. The zero-order chi connectivity index (χ0) is 11.0. The molecule has 1 nitrogen and oxygen atoms in total. The molecule has 0 saturated heterocycles. The summed E-state index contributed by atoms with van der Waals surface area (Å²) in [6.45, 7) is 1.14. The van der Waals surface area contributed by atoms with E-state index in [1.54, 1.807) is 5.56 Å². The van der Waals surface area contributed by atoms with Crippen LogP contribution in [0.3, 0.4) is 0 Å². The lowest BCUT2D eigenvalue weighted by Crippen LogP contribution is -2.21. The molecule has 1 fully saturated rings. The van der Waals surface area contributed by atoms with Gasteiger partial charge in [-0.2, -0.15) is 0 Å². The summed E-state index contributed by atoms with van der Waals surface area (Å²) in [5, 5.41) is 3.53. The van der Waals surface area contributed by atoms with Crippen molar-refractivity contribution in [2.75, 3.05) is 11.9 Å². The molecule has 3 rings (SSSR count). The Kier molecular flexibility index (Phi) is 2.93. The molecule has 1 unspecified atom stereocenters. The molecule has 0 aromatic heterocycles. The average Bonchev–Trinajstić information content (AvgIpc) is 2.81. The van der Waals surface area contributed by atoms with Crippen LogP contribution in [0.4, 0.5) is 5.69 Å². The second kappa shape index (κ2) is 4.40. The van der Waals surface area contributed by atoms with Crippen LogP contribution in [0.5, 0.6) is 0 Å². The molecule has 0 amide bonds. The highest BCUT2D eigenvalue weighted by Crippen LogP contribution is 2.44. The molecule has 1 N–H and O–H groups in total. The first kappa shape index (κ1) is 10.6. The van der Waals surface area contributed by atoms with Crippen molar-refractivity contribution in [1.29, 1.82) is 0 Å². The van der Waals surface area contributed by atoms with E-state index in [2.05, 4.69) is 39.4 Å². The van der Waals surface area contributed by atoms with Crippen molar-refractivity contribution in [3.05, 3.63) is 28.2 Å². The molecule has 1 aliphatic carbocycles. The molecule has 1 aromatic rings. The summed E-state index contributed by atoms with van der Waals surface area (Å²) in [5.41, 5.74) is 2.92. The number of halogens is 1. The first-order chi connectivity index (χ1) is 7.84. The topological polar surface area (TPSA) is 12.0 Å². The Hall–Kier alpha value is -0.500. The molecule has 1 atom stereocenters. The molecule has 2 heteroatoms. The largest absolute Gasteiger partial charge is 0.385 e. The van der Waals surface area contributed by atoms with Crippen LogP contribution >= 0.6 is 15.9 Å². The molecule has 86 valence electrons. The first-order valence-electron chi connectivity index (χ1n) is 6.38. The number of hydrogen-bond acceptors (Lipinski definition) is 1.